The summed E-state index contributed by atoms with van der Waals surface area (Å²) in [7, 11) is 0. The Kier molecular flexibility index (Phi) is 5.26. The molecule has 3 heterocycles. The SMILES string of the molecule is c1ccc(Cc2nccc(N3CCCC(C4CCNCC4)C3)n2)cc1. The Hall–Kier alpha value is -1.94. The molecule has 0 bridgehead atoms. The van der Waals surface area contributed by atoms with Crippen molar-refractivity contribution in [3.05, 3.63) is 54.0 Å². The fraction of sp³-hybridized carbons (Fsp3) is 0.524. The molecule has 2 aromatic rings. The summed E-state index contributed by atoms with van der Waals surface area (Å²) in [5.41, 5.74) is 1.27. The zero-order valence-corrected chi connectivity index (χ0v) is 14.9. The second-order valence-electron chi connectivity index (χ2n) is 7.43. The van der Waals surface area contributed by atoms with Crippen molar-refractivity contribution in [2.45, 2.75) is 32.1 Å². The van der Waals surface area contributed by atoms with E-state index in [1.54, 1.807) is 0 Å². The van der Waals surface area contributed by atoms with E-state index in [9.17, 15) is 0 Å². The zero-order valence-electron chi connectivity index (χ0n) is 14.9. The lowest BCUT2D eigenvalue weighted by Gasteiger charge is -2.39. The van der Waals surface area contributed by atoms with Crippen molar-refractivity contribution in [2.24, 2.45) is 11.8 Å². The van der Waals surface area contributed by atoms with Crippen LogP contribution in [0.15, 0.2) is 42.6 Å². The van der Waals surface area contributed by atoms with Crippen molar-refractivity contribution < 1.29 is 0 Å². The number of rotatable bonds is 4. The van der Waals surface area contributed by atoms with Crippen LogP contribution in [0.3, 0.4) is 0 Å². The third-order valence-corrected chi connectivity index (χ3v) is 5.73. The van der Waals surface area contributed by atoms with Crippen LogP contribution in [0, 0.1) is 11.8 Å². The molecule has 132 valence electrons. The first-order valence-electron chi connectivity index (χ1n) is 9.70. The van der Waals surface area contributed by atoms with Crippen molar-refractivity contribution in [1.29, 1.82) is 0 Å². The highest BCUT2D eigenvalue weighted by molar-refractivity contribution is 5.38. The van der Waals surface area contributed by atoms with Crippen LogP contribution in [0.2, 0.25) is 0 Å². The summed E-state index contributed by atoms with van der Waals surface area (Å²) in [6.45, 7) is 4.67. The third kappa shape index (κ3) is 4.18. The second kappa shape index (κ2) is 7.96. The molecular formula is C21H28N4. The van der Waals surface area contributed by atoms with E-state index >= 15 is 0 Å². The highest BCUT2D eigenvalue weighted by atomic mass is 15.2. The molecule has 4 nitrogen and oxygen atoms in total. The van der Waals surface area contributed by atoms with E-state index in [-0.39, 0.29) is 0 Å². The van der Waals surface area contributed by atoms with Crippen molar-refractivity contribution in [1.82, 2.24) is 15.3 Å². The van der Waals surface area contributed by atoms with E-state index in [2.05, 4.69) is 51.6 Å². The molecule has 4 heteroatoms. The maximum Gasteiger partial charge on any atom is 0.135 e. The monoisotopic (exact) mass is 336 g/mol. The van der Waals surface area contributed by atoms with Crippen LogP contribution < -0.4 is 10.2 Å². The molecule has 2 aliphatic heterocycles. The maximum atomic E-state index is 4.87. The molecule has 1 atom stereocenters. The van der Waals surface area contributed by atoms with Crippen LogP contribution in [0.4, 0.5) is 5.82 Å². The zero-order chi connectivity index (χ0) is 16.9. The van der Waals surface area contributed by atoms with Gasteiger partial charge in [0.15, 0.2) is 0 Å². The minimum absolute atomic E-state index is 0.806. The van der Waals surface area contributed by atoms with Gasteiger partial charge in [-0.2, -0.15) is 0 Å². The quantitative estimate of drug-likeness (QED) is 0.930. The van der Waals surface area contributed by atoms with Crippen LogP contribution in [-0.4, -0.2) is 36.1 Å². The minimum Gasteiger partial charge on any atom is -0.356 e. The molecule has 1 aromatic heterocycles. The van der Waals surface area contributed by atoms with Gasteiger partial charge in [-0.25, -0.2) is 9.97 Å². The predicted molar refractivity (Wildman–Crippen MR) is 102 cm³/mol. The number of nitrogens with one attached hydrogen (secondary N) is 1. The molecule has 0 saturated carbocycles. The normalized spacial score (nSPS) is 22.1. The summed E-state index contributed by atoms with van der Waals surface area (Å²) in [5, 5.41) is 3.49. The molecule has 0 spiro atoms. The average Bonchev–Trinajstić information content (AvgIpc) is 2.70. The smallest absolute Gasteiger partial charge is 0.135 e. The maximum absolute atomic E-state index is 4.87. The molecule has 4 rings (SSSR count). The number of benzene rings is 1. The van der Waals surface area contributed by atoms with Gasteiger partial charge in [-0.15, -0.1) is 0 Å². The van der Waals surface area contributed by atoms with Crippen LogP contribution >= 0.6 is 0 Å². The molecule has 0 radical (unpaired) electrons. The Morgan fingerprint density at radius 3 is 2.68 bits per heavy atom. The van der Waals surface area contributed by atoms with Gasteiger partial charge >= 0.3 is 0 Å². The summed E-state index contributed by atoms with van der Waals surface area (Å²) in [5.74, 6) is 3.74. The Balaban J connectivity index is 1.44. The summed E-state index contributed by atoms with van der Waals surface area (Å²) in [4.78, 5) is 11.9. The van der Waals surface area contributed by atoms with E-state index in [1.165, 1.54) is 44.3 Å². The van der Waals surface area contributed by atoms with E-state index < -0.39 is 0 Å². The average molecular weight is 336 g/mol. The van der Waals surface area contributed by atoms with Crippen LogP contribution in [0.25, 0.3) is 0 Å². The van der Waals surface area contributed by atoms with Crippen molar-refractivity contribution >= 4 is 5.82 Å². The number of hydrogen-bond donors (Lipinski definition) is 1. The van der Waals surface area contributed by atoms with Crippen LogP contribution in [0.5, 0.6) is 0 Å². The fourth-order valence-corrected chi connectivity index (χ4v) is 4.35. The van der Waals surface area contributed by atoms with E-state index in [0.29, 0.717) is 0 Å². The molecule has 1 unspecified atom stereocenters. The molecule has 2 fully saturated rings. The molecule has 0 amide bonds. The Morgan fingerprint density at radius 1 is 1.00 bits per heavy atom. The van der Waals surface area contributed by atoms with Gasteiger partial charge in [-0.05, 0) is 62.2 Å². The fourth-order valence-electron chi connectivity index (χ4n) is 4.35. The predicted octanol–water partition coefficient (Wildman–Crippen LogP) is 3.28. The van der Waals surface area contributed by atoms with Crippen molar-refractivity contribution in [3.8, 4) is 0 Å². The van der Waals surface area contributed by atoms with Gasteiger partial charge in [0.25, 0.3) is 0 Å². The third-order valence-electron chi connectivity index (χ3n) is 5.73. The molecule has 1 aromatic carbocycles. The van der Waals surface area contributed by atoms with Crippen molar-refractivity contribution in [2.75, 3.05) is 31.1 Å². The number of anilines is 1. The van der Waals surface area contributed by atoms with Gasteiger partial charge in [0, 0.05) is 25.7 Å². The Labute approximate surface area is 150 Å². The summed E-state index contributed by atoms with van der Waals surface area (Å²) < 4.78 is 0. The molecular weight excluding hydrogens is 308 g/mol. The van der Waals surface area contributed by atoms with E-state index in [0.717, 1.165) is 43.0 Å². The molecule has 1 N–H and O–H groups in total. The highest BCUT2D eigenvalue weighted by Gasteiger charge is 2.28. The highest BCUT2D eigenvalue weighted by Crippen LogP contribution is 2.31. The van der Waals surface area contributed by atoms with Crippen LogP contribution in [-0.2, 0) is 6.42 Å². The van der Waals surface area contributed by atoms with Gasteiger partial charge < -0.3 is 10.2 Å². The lowest BCUT2D eigenvalue weighted by Crippen LogP contribution is -2.42. The lowest BCUT2D eigenvalue weighted by molar-refractivity contribution is 0.229. The minimum atomic E-state index is 0.806. The second-order valence-corrected chi connectivity index (χ2v) is 7.43. The first-order valence-corrected chi connectivity index (χ1v) is 9.70. The van der Waals surface area contributed by atoms with Crippen molar-refractivity contribution in [3.63, 3.8) is 0 Å². The number of aromatic nitrogens is 2. The Bertz CT molecular complexity index is 667. The number of hydrogen-bond acceptors (Lipinski definition) is 4. The van der Waals surface area contributed by atoms with Gasteiger partial charge in [0.05, 0.1) is 0 Å². The molecule has 25 heavy (non-hydrogen) atoms. The van der Waals surface area contributed by atoms with Gasteiger partial charge in [0.1, 0.15) is 11.6 Å². The van der Waals surface area contributed by atoms with Gasteiger partial charge in [-0.1, -0.05) is 30.3 Å². The summed E-state index contributed by atoms with van der Waals surface area (Å²) in [6, 6.07) is 12.6. The topological polar surface area (TPSA) is 41.1 Å². The number of nitrogens with zero attached hydrogens (tertiary/aromatic N) is 3. The Morgan fingerprint density at radius 2 is 1.84 bits per heavy atom. The lowest BCUT2D eigenvalue weighted by atomic mass is 9.80. The molecule has 2 aliphatic rings. The van der Waals surface area contributed by atoms with Crippen LogP contribution in [0.1, 0.15) is 37.1 Å². The largest absolute Gasteiger partial charge is 0.356 e. The summed E-state index contributed by atoms with van der Waals surface area (Å²) >= 11 is 0. The van der Waals surface area contributed by atoms with E-state index in [4.69, 9.17) is 4.98 Å². The van der Waals surface area contributed by atoms with Gasteiger partial charge in [-0.3, -0.25) is 0 Å². The van der Waals surface area contributed by atoms with Gasteiger partial charge in [0.2, 0.25) is 0 Å². The molecule has 2 saturated heterocycles. The summed E-state index contributed by atoms with van der Waals surface area (Å²) in [6.07, 6.45) is 8.06. The first kappa shape index (κ1) is 16.5. The first-order chi connectivity index (χ1) is 12.4. The van der Waals surface area contributed by atoms with E-state index in [1.807, 2.05) is 6.20 Å². The standard InChI is InChI=1S/C21H28N4/c1-2-5-17(6-3-1)15-20-23-13-10-21(24-20)25-14-4-7-19(16-25)18-8-11-22-12-9-18/h1-3,5-6,10,13,18-19,22H,4,7-9,11-12,14-16H2. The number of piperidine rings is 2. The molecule has 0 aliphatic carbocycles.